The van der Waals surface area contributed by atoms with Crippen LogP contribution in [-0.2, 0) is 13.0 Å². The van der Waals surface area contributed by atoms with Gasteiger partial charge in [0.2, 0.25) is 0 Å². The molecule has 0 saturated heterocycles. The Balaban J connectivity index is 1.67. The van der Waals surface area contributed by atoms with E-state index in [1.54, 1.807) is 29.4 Å². The lowest BCUT2D eigenvalue weighted by Gasteiger charge is -2.23. The molecule has 5 heteroatoms. The van der Waals surface area contributed by atoms with Gasteiger partial charge in [0, 0.05) is 35.4 Å². The highest BCUT2D eigenvalue weighted by Crippen LogP contribution is 2.19. The Bertz CT molecular complexity index is 1260. The van der Waals surface area contributed by atoms with Gasteiger partial charge in [-0.1, -0.05) is 36.4 Å². The Labute approximate surface area is 181 Å². The van der Waals surface area contributed by atoms with Crippen molar-refractivity contribution in [3.63, 3.8) is 0 Å². The van der Waals surface area contributed by atoms with Gasteiger partial charge in [-0.25, -0.2) is 0 Å². The molecular formula is C26H25N3O2. The van der Waals surface area contributed by atoms with Crippen molar-refractivity contribution in [1.82, 2.24) is 14.9 Å². The highest BCUT2D eigenvalue weighted by Gasteiger charge is 2.18. The first-order valence-corrected chi connectivity index (χ1v) is 10.4. The largest absolute Gasteiger partial charge is 0.334 e. The van der Waals surface area contributed by atoms with Gasteiger partial charge in [-0.2, -0.15) is 0 Å². The van der Waals surface area contributed by atoms with Crippen LogP contribution in [0.25, 0.3) is 10.9 Å². The molecule has 0 radical (unpaired) electrons. The number of H-pyrrole nitrogens is 1. The number of nitrogens with zero attached hydrogens (tertiary/aromatic N) is 2. The molecule has 0 bridgehead atoms. The van der Waals surface area contributed by atoms with Gasteiger partial charge < -0.3 is 9.88 Å². The number of hydrogen-bond acceptors (Lipinski definition) is 3. The maximum absolute atomic E-state index is 13.2. The van der Waals surface area contributed by atoms with Crippen molar-refractivity contribution in [2.45, 2.75) is 26.8 Å². The summed E-state index contributed by atoms with van der Waals surface area (Å²) in [5, 5.41) is 0.997. The Hall–Kier alpha value is -3.73. The van der Waals surface area contributed by atoms with E-state index in [9.17, 15) is 9.59 Å². The molecule has 2 heterocycles. The molecular weight excluding hydrogens is 386 g/mol. The van der Waals surface area contributed by atoms with E-state index in [4.69, 9.17) is 0 Å². The zero-order valence-corrected chi connectivity index (χ0v) is 17.8. The summed E-state index contributed by atoms with van der Waals surface area (Å²) in [4.78, 5) is 34.8. The molecule has 0 atom stereocenters. The van der Waals surface area contributed by atoms with Gasteiger partial charge in [-0.05, 0) is 61.2 Å². The van der Waals surface area contributed by atoms with E-state index in [-0.39, 0.29) is 18.0 Å². The number of fused-ring (bicyclic) bond motifs is 1. The number of aromatic nitrogens is 2. The lowest BCUT2D eigenvalue weighted by Crippen LogP contribution is -2.34. The molecule has 2 aromatic heterocycles. The van der Waals surface area contributed by atoms with Gasteiger partial charge >= 0.3 is 0 Å². The molecule has 0 aliphatic carbocycles. The van der Waals surface area contributed by atoms with Crippen molar-refractivity contribution in [1.29, 1.82) is 0 Å². The fourth-order valence-corrected chi connectivity index (χ4v) is 3.87. The highest BCUT2D eigenvalue weighted by molar-refractivity contribution is 5.94. The van der Waals surface area contributed by atoms with Crippen LogP contribution in [-0.4, -0.2) is 27.3 Å². The van der Waals surface area contributed by atoms with E-state index in [1.165, 1.54) is 0 Å². The smallest absolute Gasteiger partial charge is 0.255 e. The van der Waals surface area contributed by atoms with Gasteiger partial charge in [-0.3, -0.25) is 14.6 Å². The zero-order valence-electron chi connectivity index (χ0n) is 17.8. The summed E-state index contributed by atoms with van der Waals surface area (Å²) in [5.74, 6) is -0.135. The van der Waals surface area contributed by atoms with E-state index >= 15 is 0 Å². The van der Waals surface area contributed by atoms with Crippen molar-refractivity contribution >= 4 is 16.8 Å². The van der Waals surface area contributed by atoms with Gasteiger partial charge in [0.05, 0.1) is 12.1 Å². The minimum Gasteiger partial charge on any atom is -0.334 e. The molecule has 0 aliphatic heterocycles. The molecule has 0 unspecified atom stereocenters. The molecule has 4 rings (SSSR count). The number of amides is 1. The SMILES string of the molecule is Cc1cc(C)c2cc(CN(CCc3ccccc3)C(=O)c3cccnc3)c(=O)[nH]c2c1. The number of hydrogen-bond donors (Lipinski definition) is 1. The summed E-state index contributed by atoms with van der Waals surface area (Å²) in [5.41, 5.74) is 5.09. The Kier molecular flexibility index (Phi) is 5.94. The van der Waals surface area contributed by atoms with Crippen LogP contribution in [0.5, 0.6) is 0 Å². The molecule has 156 valence electrons. The highest BCUT2D eigenvalue weighted by atomic mass is 16.2. The van der Waals surface area contributed by atoms with Crippen LogP contribution in [0, 0.1) is 13.8 Å². The van der Waals surface area contributed by atoms with E-state index in [0.29, 0.717) is 24.1 Å². The van der Waals surface area contributed by atoms with Gasteiger partial charge in [0.15, 0.2) is 0 Å². The maximum Gasteiger partial charge on any atom is 0.255 e. The first-order valence-electron chi connectivity index (χ1n) is 10.4. The second-order valence-corrected chi connectivity index (χ2v) is 7.87. The number of carbonyl (C=O) groups is 1. The van der Waals surface area contributed by atoms with Crippen molar-refractivity contribution in [3.05, 3.63) is 111 Å². The summed E-state index contributed by atoms with van der Waals surface area (Å²) in [6, 6.07) is 19.5. The van der Waals surface area contributed by atoms with E-state index in [0.717, 1.165) is 27.6 Å². The molecule has 5 nitrogen and oxygen atoms in total. The third-order valence-corrected chi connectivity index (χ3v) is 5.46. The van der Waals surface area contributed by atoms with Crippen LogP contribution in [0.2, 0.25) is 0 Å². The van der Waals surface area contributed by atoms with Crippen molar-refractivity contribution in [2.24, 2.45) is 0 Å². The number of pyridine rings is 2. The predicted octanol–water partition coefficient (Wildman–Crippen LogP) is 4.43. The second kappa shape index (κ2) is 8.96. The third-order valence-electron chi connectivity index (χ3n) is 5.46. The maximum atomic E-state index is 13.2. The number of carbonyl (C=O) groups excluding carboxylic acids is 1. The molecule has 4 aromatic rings. The van der Waals surface area contributed by atoms with E-state index in [1.807, 2.05) is 56.3 Å². The standard InChI is InChI=1S/C26H25N3O2/c1-18-13-19(2)23-15-22(25(30)28-24(23)14-18)17-29(12-10-20-7-4-3-5-8-20)26(31)21-9-6-11-27-16-21/h3-9,11,13-16H,10,12,17H2,1-2H3,(H,28,30). The van der Waals surface area contributed by atoms with Crippen molar-refractivity contribution in [2.75, 3.05) is 6.54 Å². The van der Waals surface area contributed by atoms with Crippen molar-refractivity contribution < 1.29 is 4.79 Å². The van der Waals surface area contributed by atoms with Gasteiger partial charge in [0.1, 0.15) is 0 Å². The van der Waals surface area contributed by atoms with Crippen LogP contribution in [0.1, 0.15) is 32.6 Å². The van der Waals surface area contributed by atoms with Crippen molar-refractivity contribution in [3.8, 4) is 0 Å². The minimum absolute atomic E-state index is 0.135. The number of aryl methyl sites for hydroxylation is 2. The number of benzene rings is 2. The minimum atomic E-state index is -0.166. The molecule has 2 aromatic carbocycles. The summed E-state index contributed by atoms with van der Waals surface area (Å²) < 4.78 is 0. The number of rotatable bonds is 6. The average molecular weight is 412 g/mol. The van der Waals surface area contributed by atoms with Gasteiger partial charge in [-0.15, -0.1) is 0 Å². The van der Waals surface area contributed by atoms with Crippen LogP contribution in [0.4, 0.5) is 0 Å². The average Bonchev–Trinajstić information content (AvgIpc) is 2.78. The predicted molar refractivity (Wildman–Crippen MR) is 123 cm³/mol. The summed E-state index contributed by atoms with van der Waals surface area (Å²) in [6.07, 6.45) is 3.91. The quantitative estimate of drug-likeness (QED) is 0.511. The monoisotopic (exact) mass is 411 g/mol. The van der Waals surface area contributed by atoms with Crippen LogP contribution < -0.4 is 5.56 Å². The molecule has 0 spiro atoms. The van der Waals surface area contributed by atoms with Crippen LogP contribution in [0.15, 0.2) is 77.9 Å². The summed E-state index contributed by atoms with van der Waals surface area (Å²) >= 11 is 0. The molecule has 1 N–H and O–H groups in total. The Morgan fingerprint density at radius 2 is 1.84 bits per heavy atom. The van der Waals surface area contributed by atoms with Gasteiger partial charge in [0.25, 0.3) is 11.5 Å². The fraction of sp³-hybridized carbons (Fsp3) is 0.192. The lowest BCUT2D eigenvalue weighted by atomic mass is 10.0. The Morgan fingerprint density at radius 1 is 1.03 bits per heavy atom. The number of aromatic amines is 1. The molecule has 0 fully saturated rings. The zero-order chi connectivity index (χ0) is 21.8. The lowest BCUT2D eigenvalue weighted by molar-refractivity contribution is 0.0744. The number of nitrogens with one attached hydrogen (secondary N) is 1. The topological polar surface area (TPSA) is 66.1 Å². The molecule has 1 amide bonds. The molecule has 31 heavy (non-hydrogen) atoms. The van der Waals surface area contributed by atoms with Crippen LogP contribution in [0.3, 0.4) is 0 Å². The van der Waals surface area contributed by atoms with E-state index in [2.05, 4.69) is 16.0 Å². The summed E-state index contributed by atoms with van der Waals surface area (Å²) in [6.45, 7) is 4.78. The summed E-state index contributed by atoms with van der Waals surface area (Å²) in [7, 11) is 0. The first kappa shape index (κ1) is 20.5. The van der Waals surface area contributed by atoms with E-state index < -0.39 is 0 Å². The Morgan fingerprint density at radius 3 is 2.58 bits per heavy atom. The van der Waals surface area contributed by atoms with Crippen LogP contribution >= 0.6 is 0 Å². The molecule has 0 aliphatic rings. The fourth-order valence-electron chi connectivity index (χ4n) is 3.87. The molecule has 0 saturated carbocycles. The third kappa shape index (κ3) is 4.72. The normalized spacial score (nSPS) is 10.9. The second-order valence-electron chi connectivity index (χ2n) is 7.87. The first-order chi connectivity index (χ1) is 15.0.